The highest BCUT2D eigenvalue weighted by atomic mass is 32.1. The number of hydrogen-bond acceptors (Lipinski definition) is 5. The standard InChI is InChI=1S/C23H16N4S/c24-23-27-26-22(28-23)17-8-5-9-18(13-17)25-14-21-19-10-3-1-6-15(19)12-16-7-2-4-11-20(16)21/h1-14H,(H2,24,27). The highest BCUT2D eigenvalue weighted by molar-refractivity contribution is 7.18. The van der Waals surface area contributed by atoms with Crippen LogP contribution in [0, 0.1) is 0 Å². The summed E-state index contributed by atoms with van der Waals surface area (Å²) < 4.78 is 0. The minimum atomic E-state index is 0.464. The largest absolute Gasteiger partial charge is 0.374 e. The number of anilines is 1. The Morgan fingerprint density at radius 1 is 0.786 bits per heavy atom. The first-order chi connectivity index (χ1) is 13.8. The Morgan fingerprint density at radius 3 is 2.18 bits per heavy atom. The van der Waals surface area contributed by atoms with Crippen molar-refractivity contribution in [3.63, 3.8) is 0 Å². The summed E-state index contributed by atoms with van der Waals surface area (Å²) in [6, 6.07) is 27.0. The normalized spacial score (nSPS) is 11.6. The van der Waals surface area contributed by atoms with E-state index in [1.54, 1.807) is 0 Å². The molecule has 0 atom stereocenters. The molecule has 1 aromatic heterocycles. The van der Waals surface area contributed by atoms with Crippen molar-refractivity contribution in [1.29, 1.82) is 0 Å². The van der Waals surface area contributed by atoms with Crippen LogP contribution >= 0.6 is 11.3 Å². The molecule has 0 amide bonds. The lowest BCUT2D eigenvalue weighted by molar-refractivity contribution is 1.10. The van der Waals surface area contributed by atoms with E-state index in [9.17, 15) is 0 Å². The van der Waals surface area contributed by atoms with Gasteiger partial charge < -0.3 is 5.73 Å². The third-order valence-corrected chi connectivity index (χ3v) is 5.49. The second kappa shape index (κ2) is 6.87. The number of fused-ring (bicyclic) bond motifs is 2. The zero-order valence-corrected chi connectivity index (χ0v) is 15.7. The van der Waals surface area contributed by atoms with E-state index < -0.39 is 0 Å². The van der Waals surface area contributed by atoms with Crippen LogP contribution in [0.25, 0.3) is 32.1 Å². The minimum Gasteiger partial charge on any atom is -0.374 e. The van der Waals surface area contributed by atoms with Gasteiger partial charge in [-0.25, -0.2) is 0 Å². The van der Waals surface area contributed by atoms with Crippen molar-refractivity contribution in [2.24, 2.45) is 4.99 Å². The van der Waals surface area contributed by atoms with Crippen LogP contribution in [0.4, 0.5) is 10.8 Å². The average molecular weight is 380 g/mol. The summed E-state index contributed by atoms with van der Waals surface area (Å²) in [6.45, 7) is 0. The van der Waals surface area contributed by atoms with Gasteiger partial charge >= 0.3 is 0 Å². The highest BCUT2D eigenvalue weighted by Crippen LogP contribution is 2.30. The van der Waals surface area contributed by atoms with E-state index in [0.717, 1.165) is 21.8 Å². The van der Waals surface area contributed by atoms with Crippen molar-refractivity contribution in [2.45, 2.75) is 0 Å². The molecule has 0 unspecified atom stereocenters. The van der Waals surface area contributed by atoms with Crippen molar-refractivity contribution in [3.05, 3.63) is 84.4 Å². The second-order valence-electron chi connectivity index (χ2n) is 6.49. The van der Waals surface area contributed by atoms with Gasteiger partial charge in [0.1, 0.15) is 5.01 Å². The number of aliphatic imine (C=N–C) groups is 1. The van der Waals surface area contributed by atoms with Crippen molar-refractivity contribution >= 4 is 49.9 Å². The third-order valence-electron chi connectivity index (χ3n) is 4.69. The summed E-state index contributed by atoms with van der Waals surface area (Å²) in [7, 11) is 0. The maximum Gasteiger partial charge on any atom is 0.203 e. The quantitative estimate of drug-likeness (QED) is 0.316. The number of nitrogen functional groups attached to an aromatic ring is 1. The maximum atomic E-state index is 5.71. The molecule has 0 aliphatic rings. The van der Waals surface area contributed by atoms with Gasteiger partial charge in [-0.3, -0.25) is 4.99 Å². The minimum absolute atomic E-state index is 0.464. The molecule has 0 saturated carbocycles. The molecule has 28 heavy (non-hydrogen) atoms. The van der Waals surface area contributed by atoms with Crippen molar-refractivity contribution in [2.75, 3.05) is 5.73 Å². The van der Waals surface area contributed by atoms with Crippen molar-refractivity contribution < 1.29 is 0 Å². The second-order valence-corrected chi connectivity index (χ2v) is 7.50. The van der Waals surface area contributed by atoms with E-state index in [4.69, 9.17) is 10.7 Å². The van der Waals surface area contributed by atoms with Crippen LogP contribution in [0.15, 0.2) is 83.9 Å². The molecule has 0 bridgehead atoms. The van der Waals surface area contributed by atoms with E-state index in [0.29, 0.717) is 5.13 Å². The topological polar surface area (TPSA) is 64.2 Å². The smallest absolute Gasteiger partial charge is 0.203 e. The Bertz CT molecular complexity index is 1280. The molecule has 0 fully saturated rings. The number of nitrogens with zero attached hydrogens (tertiary/aromatic N) is 3. The van der Waals surface area contributed by atoms with Gasteiger partial charge in [0, 0.05) is 17.3 Å². The van der Waals surface area contributed by atoms with Gasteiger partial charge in [-0.2, -0.15) is 0 Å². The fourth-order valence-corrected chi connectivity index (χ4v) is 4.00. The van der Waals surface area contributed by atoms with Crippen LogP contribution < -0.4 is 5.73 Å². The Kier molecular flexibility index (Phi) is 4.07. The first kappa shape index (κ1) is 16.6. The van der Waals surface area contributed by atoms with Gasteiger partial charge in [0.15, 0.2) is 0 Å². The Labute approximate surface area is 166 Å². The SMILES string of the molecule is Nc1nnc(-c2cccc(N=Cc3c4ccccc4cc4ccccc34)c2)s1. The van der Waals surface area contributed by atoms with Crippen LogP contribution in [0.5, 0.6) is 0 Å². The predicted molar refractivity (Wildman–Crippen MR) is 118 cm³/mol. The van der Waals surface area contributed by atoms with E-state index >= 15 is 0 Å². The van der Waals surface area contributed by atoms with Crippen LogP contribution in [0.1, 0.15) is 5.56 Å². The summed E-state index contributed by atoms with van der Waals surface area (Å²) in [5.74, 6) is 0. The Balaban J connectivity index is 1.62. The summed E-state index contributed by atoms with van der Waals surface area (Å²) in [4.78, 5) is 4.77. The molecule has 5 aromatic rings. The third kappa shape index (κ3) is 3.02. The van der Waals surface area contributed by atoms with E-state index in [1.165, 1.54) is 32.9 Å². The fraction of sp³-hybridized carbons (Fsp3) is 0. The van der Waals surface area contributed by atoms with E-state index in [2.05, 4.69) is 64.8 Å². The molecule has 0 radical (unpaired) electrons. The van der Waals surface area contributed by atoms with Crippen LogP contribution in [-0.4, -0.2) is 16.4 Å². The molecule has 0 saturated heterocycles. The highest BCUT2D eigenvalue weighted by Gasteiger charge is 2.07. The monoisotopic (exact) mass is 380 g/mol. The number of benzene rings is 4. The Hall–Kier alpha value is -3.57. The first-order valence-electron chi connectivity index (χ1n) is 8.92. The lowest BCUT2D eigenvalue weighted by atomic mass is 9.97. The molecule has 0 spiro atoms. The summed E-state index contributed by atoms with van der Waals surface area (Å²) in [5.41, 5.74) is 8.66. The molecule has 134 valence electrons. The average Bonchev–Trinajstić information content (AvgIpc) is 3.18. The fourth-order valence-electron chi connectivity index (χ4n) is 3.40. The molecular formula is C23H16N4S. The van der Waals surface area contributed by atoms with Crippen LogP contribution in [0.3, 0.4) is 0 Å². The van der Waals surface area contributed by atoms with Crippen molar-refractivity contribution in [3.8, 4) is 10.6 Å². The van der Waals surface area contributed by atoms with E-state index in [-0.39, 0.29) is 0 Å². The summed E-state index contributed by atoms with van der Waals surface area (Å²) in [5, 5.41) is 14.1. The number of hydrogen-bond donors (Lipinski definition) is 1. The first-order valence-corrected chi connectivity index (χ1v) is 9.73. The van der Waals surface area contributed by atoms with Gasteiger partial charge in [0.05, 0.1) is 5.69 Å². The summed E-state index contributed by atoms with van der Waals surface area (Å²) in [6.07, 6.45) is 1.96. The molecule has 0 aliphatic carbocycles. The molecule has 4 aromatic carbocycles. The molecule has 1 heterocycles. The van der Waals surface area contributed by atoms with Crippen LogP contribution in [-0.2, 0) is 0 Å². The number of aromatic nitrogens is 2. The zero-order chi connectivity index (χ0) is 18.9. The van der Waals surface area contributed by atoms with Gasteiger partial charge in [0.2, 0.25) is 5.13 Å². The molecule has 4 nitrogen and oxygen atoms in total. The molecular weight excluding hydrogens is 364 g/mol. The summed E-state index contributed by atoms with van der Waals surface area (Å²) >= 11 is 1.37. The van der Waals surface area contributed by atoms with Gasteiger partial charge in [-0.15, -0.1) is 10.2 Å². The van der Waals surface area contributed by atoms with Crippen LogP contribution in [0.2, 0.25) is 0 Å². The molecule has 5 rings (SSSR count). The molecule has 0 aliphatic heterocycles. The zero-order valence-electron chi connectivity index (χ0n) is 14.9. The van der Waals surface area contributed by atoms with Gasteiger partial charge in [0.25, 0.3) is 0 Å². The Morgan fingerprint density at radius 2 is 1.50 bits per heavy atom. The maximum absolute atomic E-state index is 5.71. The van der Waals surface area contributed by atoms with Gasteiger partial charge in [-0.1, -0.05) is 72.0 Å². The lowest BCUT2D eigenvalue weighted by Crippen LogP contribution is -1.88. The van der Waals surface area contributed by atoms with Crippen molar-refractivity contribution in [1.82, 2.24) is 10.2 Å². The predicted octanol–water partition coefficient (Wildman–Crippen LogP) is 5.84. The number of nitrogens with two attached hydrogens (primary N) is 1. The van der Waals surface area contributed by atoms with Gasteiger partial charge in [-0.05, 0) is 39.7 Å². The number of rotatable bonds is 3. The molecule has 5 heteroatoms. The molecule has 2 N–H and O–H groups in total. The van der Waals surface area contributed by atoms with E-state index in [1.807, 2.05) is 30.5 Å². The lowest BCUT2D eigenvalue weighted by Gasteiger charge is -2.08.